The molecule has 0 amide bonds. The first-order valence-electron chi connectivity index (χ1n) is 9.50. The van der Waals surface area contributed by atoms with E-state index in [1.165, 1.54) is 18.4 Å². The first kappa shape index (κ1) is 18.6. The molecule has 1 N–H and O–H groups in total. The molecule has 0 saturated carbocycles. The summed E-state index contributed by atoms with van der Waals surface area (Å²) >= 11 is 0. The van der Waals surface area contributed by atoms with Crippen LogP contribution in [0.2, 0.25) is 0 Å². The van der Waals surface area contributed by atoms with E-state index in [1.54, 1.807) is 0 Å². The minimum Gasteiger partial charge on any atom is -0.507 e. The van der Waals surface area contributed by atoms with Crippen LogP contribution in [0.3, 0.4) is 0 Å². The summed E-state index contributed by atoms with van der Waals surface area (Å²) in [7, 11) is 0. The van der Waals surface area contributed by atoms with Crippen molar-refractivity contribution in [3.05, 3.63) is 47.2 Å². The number of aryl methyl sites for hydroxylation is 1. The number of unbranched alkanes of at least 4 members (excludes halogenated alkanes) is 2. The van der Waals surface area contributed by atoms with Crippen LogP contribution in [0.25, 0.3) is 0 Å². The van der Waals surface area contributed by atoms with Gasteiger partial charge < -0.3 is 9.84 Å². The first-order valence-corrected chi connectivity index (χ1v) is 9.50. The lowest BCUT2D eigenvalue weighted by atomic mass is 9.74. The number of phenolic OH excluding ortho intramolecular Hbond substituents is 1. The van der Waals surface area contributed by atoms with Crippen LogP contribution in [0.1, 0.15) is 76.8 Å². The fraction of sp³-hybridized carbons (Fsp3) is 0.545. The number of fused-ring (bicyclic) bond motifs is 3. The van der Waals surface area contributed by atoms with E-state index in [-0.39, 0.29) is 5.92 Å². The van der Waals surface area contributed by atoms with Crippen LogP contribution in [-0.4, -0.2) is 5.11 Å². The molecular formula is C22H32O2. The van der Waals surface area contributed by atoms with Gasteiger partial charge in [-0.1, -0.05) is 51.8 Å². The summed E-state index contributed by atoms with van der Waals surface area (Å²) in [6.07, 6.45) is 9.01. The van der Waals surface area contributed by atoms with Crippen molar-refractivity contribution in [1.29, 1.82) is 0 Å². The average Bonchev–Trinajstić information content (AvgIpc) is 2.56. The summed E-state index contributed by atoms with van der Waals surface area (Å²) in [4.78, 5) is 0. The molecule has 1 aliphatic carbocycles. The van der Waals surface area contributed by atoms with Gasteiger partial charge in [-0.3, -0.25) is 0 Å². The van der Waals surface area contributed by atoms with Gasteiger partial charge >= 0.3 is 0 Å². The summed E-state index contributed by atoms with van der Waals surface area (Å²) in [6.45, 7) is 12.5. The van der Waals surface area contributed by atoms with Gasteiger partial charge in [0.2, 0.25) is 0 Å². The Morgan fingerprint density at radius 3 is 2.71 bits per heavy atom. The number of aromatic hydroxyl groups is 1. The lowest BCUT2D eigenvalue weighted by molar-refractivity contribution is 0.275. The molecule has 0 bridgehead atoms. The Labute approximate surface area is 147 Å². The van der Waals surface area contributed by atoms with Crippen molar-refractivity contribution in [3.8, 4) is 11.5 Å². The fourth-order valence-corrected chi connectivity index (χ4v) is 3.74. The molecule has 0 radical (unpaired) electrons. The SMILES string of the molecule is C=C1Oc2cc(CCCCC)cc(O)c2C2C=C(C)CCC12.CC. The highest BCUT2D eigenvalue weighted by Crippen LogP contribution is 2.51. The number of hydrogen-bond acceptors (Lipinski definition) is 2. The van der Waals surface area contributed by atoms with Crippen LogP contribution in [0, 0.1) is 5.92 Å². The molecule has 24 heavy (non-hydrogen) atoms. The molecular weight excluding hydrogens is 296 g/mol. The lowest BCUT2D eigenvalue weighted by Gasteiger charge is -2.37. The summed E-state index contributed by atoms with van der Waals surface area (Å²) in [5, 5.41) is 10.6. The van der Waals surface area contributed by atoms with E-state index < -0.39 is 0 Å². The Kier molecular flexibility index (Phi) is 6.53. The smallest absolute Gasteiger partial charge is 0.134 e. The Hall–Kier alpha value is -1.70. The van der Waals surface area contributed by atoms with Gasteiger partial charge in [-0.25, -0.2) is 0 Å². The second kappa shape index (κ2) is 8.41. The molecule has 0 aromatic heterocycles. The molecule has 0 spiro atoms. The molecule has 1 aromatic carbocycles. The summed E-state index contributed by atoms with van der Waals surface area (Å²) < 4.78 is 5.98. The topological polar surface area (TPSA) is 29.5 Å². The summed E-state index contributed by atoms with van der Waals surface area (Å²) in [5.74, 6) is 2.57. The first-order chi connectivity index (χ1) is 11.6. The molecule has 1 aliphatic heterocycles. The number of allylic oxidation sites excluding steroid dienone is 3. The molecule has 3 rings (SSSR count). The number of hydrogen-bond donors (Lipinski definition) is 1. The lowest BCUT2D eigenvalue weighted by Crippen LogP contribution is -2.25. The van der Waals surface area contributed by atoms with Crippen molar-refractivity contribution in [2.24, 2.45) is 5.92 Å². The van der Waals surface area contributed by atoms with Gasteiger partial charge in [-0.05, 0) is 50.3 Å². The van der Waals surface area contributed by atoms with Gasteiger partial charge in [-0.15, -0.1) is 0 Å². The van der Waals surface area contributed by atoms with E-state index in [0.717, 1.165) is 48.3 Å². The summed E-state index contributed by atoms with van der Waals surface area (Å²) in [6, 6.07) is 4.03. The average molecular weight is 328 g/mol. The molecule has 1 aromatic rings. The molecule has 1 heterocycles. The van der Waals surface area contributed by atoms with E-state index in [0.29, 0.717) is 11.7 Å². The minimum atomic E-state index is 0.217. The quantitative estimate of drug-likeness (QED) is 0.505. The van der Waals surface area contributed by atoms with E-state index >= 15 is 0 Å². The Bertz CT molecular complexity index is 613. The Morgan fingerprint density at radius 1 is 1.25 bits per heavy atom. The third kappa shape index (κ3) is 3.85. The van der Waals surface area contributed by atoms with E-state index in [2.05, 4.69) is 32.6 Å². The monoisotopic (exact) mass is 328 g/mol. The van der Waals surface area contributed by atoms with E-state index in [4.69, 9.17) is 4.74 Å². The maximum absolute atomic E-state index is 10.6. The van der Waals surface area contributed by atoms with Crippen molar-refractivity contribution in [1.82, 2.24) is 0 Å². The van der Waals surface area contributed by atoms with Gasteiger partial charge in [-0.2, -0.15) is 0 Å². The molecule has 2 unspecified atom stereocenters. The van der Waals surface area contributed by atoms with Gasteiger partial charge in [0.1, 0.15) is 17.3 Å². The molecule has 132 valence electrons. The van der Waals surface area contributed by atoms with E-state index in [1.807, 2.05) is 19.9 Å². The van der Waals surface area contributed by atoms with Crippen molar-refractivity contribution in [3.63, 3.8) is 0 Å². The van der Waals surface area contributed by atoms with Crippen molar-refractivity contribution in [2.75, 3.05) is 0 Å². The van der Waals surface area contributed by atoms with Gasteiger partial charge in [0.05, 0.1) is 0 Å². The molecule has 2 heteroatoms. The third-order valence-corrected chi connectivity index (χ3v) is 4.98. The second-order valence-electron chi connectivity index (χ2n) is 6.74. The van der Waals surface area contributed by atoms with E-state index in [9.17, 15) is 5.11 Å². The highest BCUT2D eigenvalue weighted by Gasteiger charge is 2.36. The maximum Gasteiger partial charge on any atom is 0.134 e. The number of rotatable bonds is 4. The third-order valence-electron chi connectivity index (χ3n) is 4.98. The Morgan fingerprint density at radius 2 is 2.00 bits per heavy atom. The van der Waals surface area contributed by atoms with Crippen molar-refractivity contribution < 1.29 is 9.84 Å². The van der Waals surface area contributed by atoms with Gasteiger partial charge in [0.15, 0.2) is 0 Å². The highest BCUT2D eigenvalue weighted by atomic mass is 16.5. The fourth-order valence-electron chi connectivity index (χ4n) is 3.74. The molecule has 0 fully saturated rings. The van der Waals surface area contributed by atoms with Gasteiger partial charge in [0, 0.05) is 17.4 Å². The van der Waals surface area contributed by atoms with Crippen LogP contribution in [-0.2, 0) is 6.42 Å². The zero-order valence-corrected chi connectivity index (χ0v) is 15.7. The predicted molar refractivity (Wildman–Crippen MR) is 102 cm³/mol. The van der Waals surface area contributed by atoms with Crippen LogP contribution in [0.15, 0.2) is 36.1 Å². The minimum absolute atomic E-state index is 0.217. The normalized spacial score (nSPS) is 21.7. The van der Waals surface area contributed by atoms with Crippen LogP contribution in [0.5, 0.6) is 11.5 Å². The second-order valence-corrected chi connectivity index (χ2v) is 6.74. The molecule has 2 nitrogen and oxygen atoms in total. The highest BCUT2D eigenvalue weighted by molar-refractivity contribution is 5.54. The van der Waals surface area contributed by atoms with Crippen LogP contribution < -0.4 is 4.74 Å². The standard InChI is InChI=1S/C20H26O2.C2H6/c1-4-5-6-7-15-11-18(21)20-17-10-13(2)8-9-16(17)14(3)22-19(20)12-15;1-2/h10-12,16-17,21H,3-9H2,1-2H3;1-2H3. The molecule has 0 saturated heterocycles. The number of benzene rings is 1. The maximum atomic E-state index is 10.6. The van der Waals surface area contributed by atoms with Crippen LogP contribution in [0.4, 0.5) is 0 Å². The number of ether oxygens (including phenoxy) is 1. The largest absolute Gasteiger partial charge is 0.507 e. The van der Waals surface area contributed by atoms with Crippen molar-refractivity contribution >= 4 is 0 Å². The zero-order valence-electron chi connectivity index (χ0n) is 15.7. The van der Waals surface area contributed by atoms with Crippen LogP contribution >= 0.6 is 0 Å². The molecule has 2 aliphatic rings. The number of phenols is 1. The van der Waals surface area contributed by atoms with Gasteiger partial charge in [0.25, 0.3) is 0 Å². The summed E-state index contributed by atoms with van der Waals surface area (Å²) in [5.41, 5.74) is 3.51. The Balaban J connectivity index is 0.00000100. The predicted octanol–water partition coefficient (Wildman–Crippen LogP) is 6.50. The van der Waals surface area contributed by atoms with Crippen molar-refractivity contribution in [2.45, 2.75) is 72.1 Å². The molecule has 2 atom stereocenters. The zero-order chi connectivity index (χ0) is 17.7.